The maximum atomic E-state index is 6.63. The molecule has 0 aliphatic heterocycles. The second-order valence-corrected chi connectivity index (χ2v) is 12.8. The van der Waals surface area contributed by atoms with Crippen molar-refractivity contribution in [3.8, 4) is 28.3 Å². The van der Waals surface area contributed by atoms with Crippen LogP contribution < -0.4 is 4.90 Å². The molecule has 4 nitrogen and oxygen atoms in total. The third kappa shape index (κ3) is 4.88. The Labute approximate surface area is 295 Å². The van der Waals surface area contributed by atoms with Crippen LogP contribution in [0.4, 0.5) is 17.1 Å². The van der Waals surface area contributed by atoms with Crippen molar-refractivity contribution in [1.82, 2.24) is 9.55 Å². The van der Waals surface area contributed by atoms with Crippen molar-refractivity contribution in [3.63, 3.8) is 0 Å². The van der Waals surface area contributed by atoms with E-state index in [4.69, 9.17) is 9.40 Å². The summed E-state index contributed by atoms with van der Waals surface area (Å²) in [4.78, 5) is 7.51. The maximum absolute atomic E-state index is 6.63. The van der Waals surface area contributed by atoms with E-state index in [1.165, 1.54) is 21.8 Å². The number of fused-ring (bicyclic) bond motifs is 6. The number of nitrogens with zero attached hydrogens (tertiary/aromatic N) is 3. The van der Waals surface area contributed by atoms with E-state index in [1.54, 1.807) is 0 Å². The lowest BCUT2D eigenvalue weighted by molar-refractivity contribution is 0.623. The minimum absolute atomic E-state index is 0.600. The molecule has 0 saturated carbocycles. The largest absolute Gasteiger partial charge is 0.435 e. The van der Waals surface area contributed by atoms with Crippen molar-refractivity contribution in [1.29, 1.82) is 0 Å². The highest BCUT2D eigenvalue weighted by atomic mass is 16.3. The third-order valence-electron chi connectivity index (χ3n) is 9.79. The van der Waals surface area contributed by atoms with Crippen molar-refractivity contribution < 1.29 is 4.42 Å². The fourth-order valence-corrected chi connectivity index (χ4v) is 7.43. The first kappa shape index (κ1) is 29.0. The molecule has 4 heteroatoms. The van der Waals surface area contributed by atoms with Crippen LogP contribution in [0.2, 0.25) is 0 Å². The maximum Gasteiger partial charge on any atom is 0.227 e. The molecule has 10 rings (SSSR count). The second kappa shape index (κ2) is 11.9. The van der Waals surface area contributed by atoms with Gasteiger partial charge in [-0.15, -0.1) is 0 Å². The van der Waals surface area contributed by atoms with Gasteiger partial charge in [0.2, 0.25) is 5.89 Å². The topological polar surface area (TPSA) is 34.2 Å². The molecule has 0 N–H and O–H groups in total. The van der Waals surface area contributed by atoms with Crippen LogP contribution >= 0.6 is 0 Å². The van der Waals surface area contributed by atoms with Crippen LogP contribution in [-0.2, 0) is 0 Å². The minimum Gasteiger partial charge on any atom is -0.435 e. The van der Waals surface area contributed by atoms with Crippen molar-refractivity contribution in [2.75, 3.05) is 4.90 Å². The lowest BCUT2D eigenvalue weighted by Crippen LogP contribution is -2.11. The van der Waals surface area contributed by atoms with Crippen molar-refractivity contribution in [2.45, 2.75) is 0 Å². The summed E-state index contributed by atoms with van der Waals surface area (Å²) in [7, 11) is 0. The predicted molar refractivity (Wildman–Crippen MR) is 211 cm³/mol. The zero-order chi connectivity index (χ0) is 33.7. The first-order valence-corrected chi connectivity index (χ1v) is 17.2. The molecule has 0 aliphatic carbocycles. The standard InChI is InChI=1S/C47H31N3O/c1-3-14-32(15-4-1)34-19-13-20-38(30-34)49(36-26-28-37(29-27-36)50-42-24-11-9-22-40(42)41-23-10-12-25-43(41)50)44-31-35-18-7-8-21-39(35)46-45(44)48-47(51-46)33-16-5-2-6-17-33/h1-31H. The smallest absolute Gasteiger partial charge is 0.227 e. The molecule has 0 amide bonds. The number of hydrogen-bond acceptors (Lipinski definition) is 3. The highest BCUT2D eigenvalue weighted by Gasteiger charge is 2.23. The molecule has 0 radical (unpaired) electrons. The molecule has 0 saturated heterocycles. The Balaban J connectivity index is 1.21. The molecule has 2 aromatic heterocycles. The Kier molecular flexibility index (Phi) is 6.78. The molecule has 0 bridgehead atoms. The molecule has 8 aromatic carbocycles. The van der Waals surface area contributed by atoms with Gasteiger partial charge in [0.15, 0.2) is 5.58 Å². The molecule has 0 unspecified atom stereocenters. The molecule has 0 spiro atoms. The quantitative estimate of drug-likeness (QED) is 0.179. The molecule has 0 atom stereocenters. The van der Waals surface area contributed by atoms with Gasteiger partial charge < -0.3 is 13.9 Å². The monoisotopic (exact) mass is 653 g/mol. The molecule has 10 aromatic rings. The molecule has 51 heavy (non-hydrogen) atoms. The van der Waals surface area contributed by atoms with Crippen LogP contribution in [0.15, 0.2) is 192 Å². The number of hydrogen-bond donors (Lipinski definition) is 0. The van der Waals surface area contributed by atoms with Crippen LogP contribution in [0.3, 0.4) is 0 Å². The van der Waals surface area contributed by atoms with Gasteiger partial charge in [0.25, 0.3) is 0 Å². The van der Waals surface area contributed by atoms with Gasteiger partial charge in [-0.25, -0.2) is 4.98 Å². The number of oxazole rings is 1. The predicted octanol–water partition coefficient (Wildman–Crippen LogP) is 12.9. The average molecular weight is 654 g/mol. The van der Waals surface area contributed by atoms with Gasteiger partial charge in [0.05, 0.1) is 16.7 Å². The Morgan fingerprint density at radius 2 is 1.04 bits per heavy atom. The number of rotatable bonds is 6. The number of para-hydroxylation sites is 2. The van der Waals surface area contributed by atoms with E-state index in [0.717, 1.165) is 61.3 Å². The van der Waals surface area contributed by atoms with E-state index < -0.39 is 0 Å². The first-order valence-electron chi connectivity index (χ1n) is 17.2. The third-order valence-corrected chi connectivity index (χ3v) is 9.79. The average Bonchev–Trinajstić information content (AvgIpc) is 3.80. The Hall–Kier alpha value is -6.91. The second-order valence-electron chi connectivity index (χ2n) is 12.8. The van der Waals surface area contributed by atoms with E-state index >= 15 is 0 Å². The van der Waals surface area contributed by atoms with Gasteiger partial charge in [0.1, 0.15) is 5.52 Å². The fourth-order valence-electron chi connectivity index (χ4n) is 7.43. The van der Waals surface area contributed by atoms with E-state index in [0.29, 0.717) is 5.89 Å². The highest BCUT2D eigenvalue weighted by Crippen LogP contribution is 2.44. The Bertz CT molecular complexity index is 2800. The van der Waals surface area contributed by atoms with Crippen LogP contribution in [-0.4, -0.2) is 9.55 Å². The molecule has 2 heterocycles. The van der Waals surface area contributed by atoms with Crippen molar-refractivity contribution in [3.05, 3.63) is 188 Å². The van der Waals surface area contributed by atoms with Gasteiger partial charge in [-0.2, -0.15) is 0 Å². The molecule has 0 aliphatic rings. The van der Waals surface area contributed by atoms with Gasteiger partial charge in [0, 0.05) is 38.8 Å². The zero-order valence-electron chi connectivity index (χ0n) is 27.6. The highest BCUT2D eigenvalue weighted by molar-refractivity contribution is 6.12. The molecule has 0 fully saturated rings. The van der Waals surface area contributed by atoms with Gasteiger partial charge in [-0.3, -0.25) is 0 Å². The number of anilines is 3. The summed E-state index contributed by atoms with van der Waals surface area (Å²) in [6, 6.07) is 66.2. The van der Waals surface area contributed by atoms with E-state index in [1.807, 2.05) is 30.3 Å². The summed E-state index contributed by atoms with van der Waals surface area (Å²) >= 11 is 0. The molecule has 240 valence electrons. The van der Waals surface area contributed by atoms with E-state index in [9.17, 15) is 0 Å². The van der Waals surface area contributed by atoms with Crippen LogP contribution in [0, 0.1) is 0 Å². The van der Waals surface area contributed by atoms with Crippen LogP contribution in [0.25, 0.3) is 71.9 Å². The normalized spacial score (nSPS) is 11.5. The number of benzene rings is 8. The van der Waals surface area contributed by atoms with Gasteiger partial charge in [-0.05, 0) is 83.2 Å². The number of aromatic nitrogens is 2. The lowest BCUT2D eigenvalue weighted by atomic mass is 10.0. The van der Waals surface area contributed by atoms with Crippen molar-refractivity contribution in [2.24, 2.45) is 0 Å². The summed E-state index contributed by atoms with van der Waals surface area (Å²) in [5.74, 6) is 0.600. The van der Waals surface area contributed by atoms with Crippen molar-refractivity contribution >= 4 is 60.7 Å². The summed E-state index contributed by atoms with van der Waals surface area (Å²) < 4.78 is 8.99. The molecular formula is C47H31N3O. The first-order chi connectivity index (χ1) is 25.3. The van der Waals surface area contributed by atoms with Gasteiger partial charge >= 0.3 is 0 Å². The van der Waals surface area contributed by atoms with Crippen LogP contribution in [0.5, 0.6) is 0 Å². The Morgan fingerprint density at radius 3 is 1.75 bits per heavy atom. The summed E-state index contributed by atoms with van der Waals surface area (Å²) in [6.07, 6.45) is 0. The minimum atomic E-state index is 0.600. The molecular weight excluding hydrogens is 623 g/mol. The van der Waals surface area contributed by atoms with E-state index in [2.05, 4.69) is 167 Å². The summed E-state index contributed by atoms with van der Waals surface area (Å²) in [5, 5.41) is 4.61. The lowest BCUT2D eigenvalue weighted by Gasteiger charge is -2.27. The zero-order valence-corrected chi connectivity index (χ0v) is 27.6. The van der Waals surface area contributed by atoms with E-state index in [-0.39, 0.29) is 0 Å². The Morgan fingerprint density at radius 1 is 0.451 bits per heavy atom. The summed E-state index contributed by atoms with van der Waals surface area (Å²) in [6.45, 7) is 0. The van der Waals surface area contributed by atoms with Crippen LogP contribution in [0.1, 0.15) is 0 Å². The van der Waals surface area contributed by atoms with Gasteiger partial charge in [-0.1, -0.05) is 121 Å². The SMILES string of the molecule is c1ccc(-c2cccc(N(c3ccc(-n4c5ccccc5c5ccccc54)cc3)c3cc4ccccc4c4oc(-c5ccccc5)nc34)c2)cc1. The summed E-state index contributed by atoms with van der Waals surface area (Å²) in [5.41, 5.74) is 11.3. The fraction of sp³-hybridized carbons (Fsp3) is 0.